The van der Waals surface area contributed by atoms with Crippen molar-refractivity contribution in [1.29, 1.82) is 0 Å². The summed E-state index contributed by atoms with van der Waals surface area (Å²) < 4.78 is 0. The van der Waals surface area contributed by atoms with Gasteiger partial charge in [-0.2, -0.15) is 0 Å². The summed E-state index contributed by atoms with van der Waals surface area (Å²) >= 11 is 0. The van der Waals surface area contributed by atoms with Crippen LogP contribution in [0.15, 0.2) is 0 Å². The lowest BCUT2D eigenvalue weighted by Crippen LogP contribution is -2.46. The molecule has 73 heavy (non-hydrogen) atoms. The zero-order chi connectivity index (χ0) is 56.2. The van der Waals surface area contributed by atoms with E-state index in [1.807, 2.05) is 13.8 Å². The van der Waals surface area contributed by atoms with Gasteiger partial charge in [-0.15, -0.1) is 0 Å². The molecule has 1 saturated carbocycles. The average Bonchev–Trinajstić information content (AvgIpc) is 3.85. The van der Waals surface area contributed by atoms with E-state index in [9.17, 15) is 0 Å². The largest absolute Gasteiger partial charge is 0.312 e. The fraction of sp³-hybridized carbons (Fsp3) is 1.00. The van der Waals surface area contributed by atoms with Gasteiger partial charge in [0.05, 0.1) is 0 Å². The van der Waals surface area contributed by atoms with Gasteiger partial charge >= 0.3 is 0 Å². The maximum atomic E-state index is 3.64. The number of piperidine rings is 4. The molecule has 2 unspecified atom stereocenters. The number of hydrogen-bond acceptors (Lipinski definition) is 6. The molecule has 6 fully saturated rings. The maximum absolute atomic E-state index is 3.64. The van der Waals surface area contributed by atoms with Gasteiger partial charge in [0, 0.05) is 68.0 Å². The van der Waals surface area contributed by atoms with Crippen molar-refractivity contribution in [3.8, 4) is 0 Å². The van der Waals surface area contributed by atoms with E-state index < -0.39 is 0 Å². The molecule has 6 heteroatoms. The van der Waals surface area contributed by atoms with Crippen LogP contribution in [0.2, 0.25) is 0 Å². The van der Waals surface area contributed by atoms with Crippen LogP contribution < -0.4 is 5.32 Å². The van der Waals surface area contributed by atoms with Crippen LogP contribution in [0.25, 0.3) is 0 Å². The molecule has 1 N–H and O–H groups in total. The van der Waals surface area contributed by atoms with Crippen LogP contribution in [0, 0.1) is 65.1 Å². The van der Waals surface area contributed by atoms with Crippen molar-refractivity contribution in [2.75, 3.05) is 65.4 Å². The van der Waals surface area contributed by atoms with E-state index in [0.717, 1.165) is 95.3 Å². The quantitative estimate of drug-likeness (QED) is 0.222. The first-order chi connectivity index (χ1) is 34.0. The van der Waals surface area contributed by atoms with Crippen molar-refractivity contribution in [2.45, 2.75) is 305 Å². The summed E-state index contributed by atoms with van der Waals surface area (Å²) in [6.07, 6.45) is 18.4. The molecule has 5 aliphatic heterocycles. The Morgan fingerprint density at radius 2 is 0.658 bits per heavy atom. The summed E-state index contributed by atoms with van der Waals surface area (Å²) in [6.45, 7) is 72.9. The van der Waals surface area contributed by atoms with Gasteiger partial charge < -0.3 is 24.9 Å². The molecule has 0 bridgehead atoms. The molecule has 0 aromatic heterocycles. The van der Waals surface area contributed by atoms with E-state index in [1.165, 1.54) is 149 Å². The van der Waals surface area contributed by atoms with E-state index in [4.69, 9.17) is 0 Å². The van der Waals surface area contributed by atoms with E-state index in [-0.39, 0.29) is 0 Å². The third kappa shape index (κ3) is 31.8. The highest BCUT2D eigenvalue weighted by atomic mass is 15.2. The standard InChI is InChI=1S/C12H25N.3C11H23N.2C10H21N.C2H6/c1-9(2)11-5-7-12(8-6-11)13-10(3)4;1-9(2)11-5-7-12(8-6-11)10(3)4;2*1-9(2)11-6-5-7-12(8-11)10(3)4;1-8(2)10-5-6-11(7-10)9(3)4;1-9-6-5-7-11(8-9)10(2,3)4;1-2/h9-13H,5-8H2,1-4H3;3*9-11H,5-8H2,1-4H3;8-10H,5-7H2,1-4H3;9H,5-8H2,1-4H3;1-2H3/t;;11-;;;9-;/m..1..0./s1. The van der Waals surface area contributed by atoms with Gasteiger partial charge in [-0.05, 0) is 264 Å². The number of nitrogens with zero attached hydrogens (tertiary/aromatic N) is 5. The third-order valence-electron chi connectivity index (χ3n) is 18.4. The second-order valence-electron chi connectivity index (χ2n) is 28.6. The Labute approximate surface area is 463 Å². The zero-order valence-electron chi connectivity index (χ0n) is 55.3. The van der Waals surface area contributed by atoms with E-state index in [0.29, 0.717) is 11.6 Å². The van der Waals surface area contributed by atoms with Gasteiger partial charge in [0.15, 0.2) is 0 Å². The van der Waals surface area contributed by atoms with Crippen molar-refractivity contribution in [3.05, 3.63) is 0 Å². The van der Waals surface area contributed by atoms with Crippen LogP contribution in [0.3, 0.4) is 0 Å². The molecule has 5 saturated heterocycles. The molecule has 4 atom stereocenters. The minimum atomic E-state index is 0.384. The number of likely N-dealkylation sites (tertiary alicyclic amines) is 5. The van der Waals surface area contributed by atoms with Crippen molar-refractivity contribution in [2.24, 2.45) is 65.1 Å². The topological polar surface area (TPSA) is 28.2 Å². The van der Waals surface area contributed by atoms with Gasteiger partial charge in [0.25, 0.3) is 0 Å². The normalized spacial score (nSPS) is 26.5. The molecule has 0 aromatic rings. The van der Waals surface area contributed by atoms with Crippen molar-refractivity contribution < 1.29 is 0 Å². The first-order valence-corrected chi connectivity index (χ1v) is 32.5. The van der Waals surface area contributed by atoms with E-state index in [1.54, 1.807) is 0 Å². The Balaban J connectivity index is 0.000000847. The molecule has 0 amide bonds. The Bertz CT molecular complexity index is 1160. The van der Waals surface area contributed by atoms with E-state index in [2.05, 4.69) is 196 Å². The Morgan fingerprint density at radius 3 is 0.945 bits per heavy atom. The average molecular weight is 1030 g/mol. The van der Waals surface area contributed by atoms with Crippen LogP contribution >= 0.6 is 0 Å². The molecule has 6 aliphatic rings. The van der Waals surface area contributed by atoms with Crippen molar-refractivity contribution in [1.82, 2.24) is 29.8 Å². The highest BCUT2D eigenvalue weighted by Gasteiger charge is 2.29. The smallest absolute Gasteiger partial charge is 0.0125 e. The Hall–Kier alpha value is -0.240. The highest BCUT2D eigenvalue weighted by molar-refractivity contribution is 4.83. The predicted molar refractivity (Wildman–Crippen MR) is 332 cm³/mol. The second-order valence-corrected chi connectivity index (χ2v) is 28.6. The summed E-state index contributed by atoms with van der Waals surface area (Å²) in [5, 5.41) is 3.64. The van der Waals surface area contributed by atoms with Crippen LogP contribution in [0.5, 0.6) is 0 Å². The summed E-state index contributed by atoms with van der Waals surface area (Å²) in [6, 6.07) is 4.44. The summed E-state index contributed by atoms with van der Waals surface area (Å²) in [5.41, 5.74) is 0.384. The number of hydrogen-bond donors (Lipinski definition) is 1. The maximum Gasteiger partial charge on any atom is 0.0125 e. The van der Waals surface area contributed by atoms with Crippen LogP contribution in [-0.2, 0) is 0 Å². The molecule has 0 aromatic carbocycles. The third-order valence-corrected chi connectivity index (χ3v) is 18.4. The fourth-order valence-corrected chi connectivity index (χ4v) is 12.3. The molecule has 6 nitrogen and oxygen atoms in total. The molecule has 5 heterocycles. The molecule has 0 spiro atoms. The summed E-state index contributed by atoms with van der Waals surface area (Å²) in [4.78, 5) is 13.0. The predicted octanol–water partition coefficient (Wildman–Crippen LogP) is 17.4. The Kier molecular flexibility index (Phi) is 39.1. The minimum Gasteiger partial charge on any atom is -0.312 e. The van der Waals surface area contributed by atoms with Crippen molar-refractivity contribution >= 4 is 0 Å². The lowest BCUT2D eigenvalue weighted by molar-refractivity contribution is 0.0843. The molecule has 440 valence electrons. The summed E-state index contributed by atoms with van der Waals surface area (Å²) in [5.74, 6) is 10.1. The van der Waals surface area contributed by atoms with Gasteiger partial charge in [-0.25, -0.2) is 0 Å². The van der Waals surface area contributed by atoms with Crippen LogP contribution in [-0.4, -0.2) is 132 Å². The zero-order valence-corrected chi connectivity index (χ0v) is 55.3. The number of rotatable bonds is 11. The number of nitrogens with one attached hydrogen (secondary N) is 1. The van der Waals surface area contributed by atoms with Gasteiger partial charge in [-0.3, -0.25) is 4.90 Å². The van der Waals surface area contributed by atoms with Crippen LogP contribution in [0.4, 0.5) is 0 Å². The first-order valence-electron chi connectivity index (χ1n) is 32.5. The monoisotopic (exact) mass is 1030 g/mol. The molecule has 1 aliphatic carbocycles. The second kappa shape index (κ2) is 39.2. The molecular weight excluding hydrogens is 889 g/mol. The molecule has 6 rings (SSSR count). The summed E-state index contributed by atoms with van der Waals surface area (Å²) in [7, 11) is 0. The van der Waals surface area contributed by atoms with Gasteiger partial charge in [-0.1, -0.05) is 104 Å². The van der Waals surface area contributed by atoms with Gasteiger partial charge in [0.2, 0.25) is 0 Å². The van der Waals surface area contributed by atoms with Gasteiger partial charge in [0.1, 0.15) is 0 Å². The fourth-order valence-electron chi connectivity index (χ4n) is 12.3. The first kappa shape index (κ1) is 72.8. The lowest BCUT2D eigenvalue weighted by Gasteiger charge is -2.40. The molecule has 0 radical (unpaired) electrons. The van der Waals surface area contributed by atoms with Crippen molar-refractivity contribution in [3.63, 3.8) is 0 Å². The van der Waals surface area contributed by atoms with Crippen LogP contribution in [0.1, 0.15) is 263 Å². The molecular formula is C67H142N6. The Morgan fingerprint density at radius 1 is 0.342 bits per heavy atom. The highest BCUT2D eigenvalue weighted by Crippen LogP contribution is 2.31. The van der Waals surface area contributed by atoms with E-state index >= 15 is 0 Å². The lowest BCUT2D eigenvalue weighted by atomic mass is 9.79. The SMILES string of the molecule is CC.CC(C)C1CCCN(C(C)C)C1.CC(C)C1CCN(C(C)C)C1.CC(C)C1CCN(C(C)C)CC1.CC(C)NC1CCC(C(C)C)CC1.CC(C)[C@@H]1CCCN(C(C)C)C1.C[C@H]1CCCN(C(C)(C)C)C1. The minimum absolute atomic E-state index is 0.384.